The highest BCUT2D eigenvalue weighted by atomic mass is 32.1. The van der Waals surface area contributed by atoms with E-state index in [2.05, 4.69) is 38.0 Å². The van der Waals surface area contributed by atoms with Crippen LogP contribution in [0.3, 0.4) is 0 Å². The van der Waals surface area contributed by atoms with Gasteiger partial charge >= 0.3 is 0 Å². The molecule has 166 valence electrons. The zero-order valence-corrected chi connectivity index (χ0v) is 19.1. The minimum Gasteiger partial charge on any atom is -0.343 e. The Labute approximate surface area is 194 Å². The van der Waals surface area contributed by atoms with E-state index in [0.717, 1.165) is 29.7 Å². The topological polar surface area (TPSA) is 69.3 Å². The molecule has 1 aliphatic heterocycles. The fourth-order valence-corrected chi connectivity index (χ4v) is 4.55. The molecule has 0 bridgehead atoms. The van der Waals surface area contributed by atoms with Gasteiger partial charge in [-0.25, -0.2) is 0 Å². The number of thiocarbonyl (C=S) groups is 1. The quantitative estimate of drug-likeness (QED) is 0.372. The Balaban J connectivity index is 1.34. The highest BCUT2D eigenvalue weighted by molar-refractivity contribution is 7.80. The van der Waals surface area contributed by atoms with Crippen LogP contribution < -0.4 is 16.0 Å². The van der Waals surface area contributed by atoms with E-state index in [-0.39, 0.29) is 18.1 Å². The zero-order chi connectivity index (χ0) is 22.3. The molecule has 3 N–H and O–H groups in total. The lowest BCUT2D eigenvalue weighted by molar-refractivity contribution is -0.123. The number of amides is 1. The van der Waals surface area contributed by atoms with Gasteiger partial charge in [-0.1, -0.05) is 48.5 Å². The van der Waals surface area contributed by atoms with Crippen LogP contribution in [-0.4, -0.2) is 40.2 Å². The van der Waals surface area contributed by atoms with E-state index in [1.807, 2.05) is 55.5 Å². The van der Waals surface area contributed by atoms with Crippen molar-refractivity contribution >= 4 is 39.8 Å². The molecule has 2 heterocycles. The molecule has 32 heavy (non-hydrogen) atoms. The second-order valence-corrected chi connectivity index (χ2v) is 8.55. The average molecular weight is 448 g/mol. The Morgan fingerprint density at radius 3 is 2.56 bits per heavy atom. The van der Waals surface area contributed by atoms with Gasteiger partial charge in [0, 0.05) is 24.0 Å². The monoisotopic (exact) mass is 447 g/mol. The van der Waals surface area contributed by atoms with E-state index in [4.69, 9.17) is 12.2 Å². The summed E-state index contributed by atoms with van der Waals surface area (Å²) < 4.78 is 0. The number of carbonyl (C=O) groups is 1. The maximum Gasteiger partial charge on any atom is 0.223 e. The summed E-state index contributed by atoms with van der Waals surface area (Å²) in [5.41, 5.74) is 2.87. The van der Waals surface area contributed by atoms with Crippen molar-refractivity contribution in [1.29, 1.82) is 0 Å². The number of nitrogens with one attached hydrogen (secondary N) is 3. The molecule has 2 unspecified atom stereocenters. The summed E-state index contributed by atoms with van der Waals surface area (Å²) in [7, 11) is 0. The van der Waals surface area contributed by atoms with Crippen LogP contribution in [0, 0.1) is 0 Å². The molecular weight excluding hydrogens is 418 g/mol. The third-order valence-corrected chi connectivity index (χ3v) is 5.97. The summed E-state index contributed by atoms with van der Waals surface area (Å²) in [6, 6.07) is 20.2. The van der Waals surface area contributed by atoms with Crippen LogP contribution in [0.5, 0.6) is 0 Å². The van der Waals surface area contributed by atoms with Crippen molar-refractivity contribution in [3.63, 3.8) is 0 Å². The summed E-state index contributed by atoms with van der Waals surface area (Å²) in [6.07, 6.45) is 4.25. The van der Waals surface area contributed by atoms with Crippen LogP contribution in [0.2, 0.25) is 0 Å². The van der Waals surface area contributed by atoms with Crippen LogP contribution in [0.15, 0.2) is 66.9 Å². The fourth-order valence-electron chi connectivity index (χ4n) is 4.26. The molecule has 7 heteroatoms. The van der Waals surface area contributed by atoms with Crippen LogP contribution in [0.1, 0.15) is 37.8 Å². The first-order valence-corrected chi connectivity index (χ1v) is 11.5. The van der Waals surface area contributed by atoms with E-state index in [0.29, 0.717) is 11.5 Å². The van der Waals surface area contributed by atoms with Crippen molar-refractivity contribution in [1.82, 2.24) is 20.5 Å². The number of rotatable bonds is 7. The van der Waals surface area contributed by atoms with Gasteiger partial charge in [-0.3, -0.25) is 14.7 Å². The van der Waals surface area contributed by atoms with Crippen molar-refractivity contribution in [2.24, 2.45) is 0 Å². The molecule has 0 saturated carbocycles. The summed E-state index contributed by atoms with van der Waals surface area (Å²) in [4.78, 5) is 19.7. The molecule has 1 amide bonds. The second-order valence-electron chi connectivity index (χ2n) is 8.14. The Bertz CT molecular complexity index is 1060. The number of hydrogen-bond donors (Lipinski definition) is 3. The van der Waals surface area contributed by atoms with E-state index >= 15 is 0 Å². The molecule has 6 nitrogen and oxygen atoms in total. The Kier molecular flexibility index (Phi) is 7.29. The molecule has 1 aromatic heterocycles. The predicted molar refractivity (Wildman–Crippen MR) is 133 cm³/mol. The predicted octanol–water partition coefficient (Wildman–Crippen LogP) is 4.21. The summed E-state index contributed by atoms with van der Waals surface area (Å²) in [5, 5.41) is 10.9. The summed E-state index contributed by atoms with van der Waals surface area (Å²) >= 11 is 5.47. The van der Waals surface area contributed by atoms with Gasteiger partial charge in [0.25, 0.3) is 0 Å². The highest BCUT2D eigenvalue weighted by Gasteiger charge is 2.26. The smallest absolute Gasteiger partial charge is 0.223 e. The summed E-state index contributed by atoms with van der Waals surface area (Å²) in [5.74, 6) is 0.000352. The van der Waals surface area contributed by atoms with E-state index < -0.39 is 0 Å². The number of hydrogen-bond acceptors (Lipinski definition) is 4. The van der Waals surface area contributed by atoms with Gasteiger partial charge in [-0.2, -0.15) is 0 Å². The van der Waals surface area contributed by atoms with Gasteiger partial charge in [0.15, 0.2) is 5.11 Å². The number of anilines is 1. The number of nitrogens with zero attached hydrogens (tertiary/aromatic N) is 2. The summed E-state index contributed by atoms with van der Waals surface area (Å²) in [6.45, 7) is 3.96. The van der Waals surface area contributed by atoms with E-state index in [9.17, 15) is 4.79 Å². The third-order valence-electron chi connectivity index (χ3n) is 5.75. The second kappa shape index (κ2) is 10.5. The van der Waals surface area contributed by atoms with E-state index in [1.165, 1.54) is 18.4 Å². The molecule has 0 spiro atoms. The lowest BCUT2D eigenvalue weighted by Gasteiger charge is -2.28. The van der Waals surface area contributed by atoms with Crippen LogP contribution in [0.25, 0.3) is 10.9 Å². The zero-order valence-electron chi connectivity index (χ0n) is 18.3. The maximum absolute atomic E-state index is 12.9. The molecule has 1 saturated heterocycles. The first-order valence-electron chi connectivity index (χ1n) is 11.1. The largest absolute Gasteiger partial charge is 0.343 e. The van der Waals surface area contributed by atoms with Gasteiger partial charge in [0.05, 0.1) is 17.4 Å². The number of para-hydroxylation sites is 1. The van der Waals surface area contributed by atoms with Crippen LogP contribution >= 0.6 is 12.2 Å². The number of fused-ring (bicyclic) bond motifs is 1. The fraction of sp³-hybridized carbons (Fsp3) is 0.320. The molecular formula is C25H29N5OS. The lowest BCUT2D eigenvalue weighted by atomic mass is 10.0. The first kappa shape index (κ1) is 22.2. The minimum absolute atomic E-state index is 0.000352. The molecule has 1 aliphatic rings. The molecule has 2 aromatic carbocycles. The van der Waals surface area contributed by atoms with E-state index in [1.54, 1.807) is 6.20 Å². The Hall–Kier alpha value is -3.03. The normalized spacial score (nSPS) is 15.8. The van der Waals surface area contributed by atoms with Crippen molar-refractivity contribution in [2.75, 3.05) is 18.4 Å². The lowest BCUT2D eigenvalue weighted by Crippen LogP contribution is -2.48. The first-order chi connectivity index (χ1) is 15.6. The number of aromatic nitrogens is 1. The molecule has 0 radical (unpaired) electrons. The van der Waals surface area contributed by atoms with Crippen LogP contribution in [0.4, 0.5) is 5.69 Å². The number of pyridine rings is 1. The van der Waals surface area contributed by atoms with Gasteiger partial charge in [-0.15, -0.1) is 0 Å². The molecule has 0 aliphatic carbocycles. The molecule has 3 aromatic rings. The third kappa shape index (κ3) is 5.60. The SMILES string of the molecule is CC(NC(=O)CC(c1ccccc1)N1CCCC1)NC(=S)Nc1cccc2cccnc12. The molecule has 2 atom stereocenters. The number of carbonyl (C=O) groups excluding carboxylic acids is 1. The van der Waals surface area contributed by atoms with Crippen molar-refractivity contribution in [3.8, 4) is 0 Å². The average Bonchev–Trinajstić information content (AvgIpc) is 3.33. The van der Waals surface area contributed by atoms with Gasteiger partial charge in [0.2, 0.25) is 5.91 Å². The highest BCUT2D eigenvalue weighted by Crippen LogP contribution is 2.28. The van der Waals surface area contributed by atoms with Crippen LogP contribution in [-0.2, 0) is 4.79 Å². The minimum atomic E-state index is -0.305. The van der Waals surface area contributed by atoms with Crippen molar-refractivity contribution in [2.45, 2.75) is 38.4 Å². The number of likely N-dealkylation sites (tertiary alicyclic amines) is 1. The Morgan fingerprint density at radius 2 is 1.78 bits per heavy atom. The standard InChI is InChI=1S/C25H29N5OS/c1-18(28-25(32)29-21-13-7-11-20-12-8-14-26-24(20)21)27-23(31)17-22(30-15-5-6-16-30)19-9-3-2-4-10-19/h2-4,7-14,18,22H,5-6,15-17H2,1H3,(H,27,31)(H2,28,29,32). The van der Waals surface area contributed by atoms with Gasteiger partial charge < -0.3 is 16.0 Å². The maximum atomic E-state index is 12.9. The van der Waals surface area contributed by atoms with Gasteiger partial charge in [0.1, 0.15) is 0 Å². The van der Waals surface area contributed by atoms with Crippen molar-refractivity contribution in [3.05, 3.63) is 72.4 Å². The Morgan fingerprint density at radius 1 is 1.03 bits per heavy atom. The van der Waals surface area contributed by atoms with Crippen molar-refractivity contribution < 1.29 is 4.79 Å². The molecule has 4 rings (SSSR count). The van der Waals surface area contributed by atoms with Gasteiger partial charge in [-0.05, 0) is 62.8 Å². The number of benzene rings is 2. The molecule has 1 fully saturated rings.